The first kappa shape index (κ1) is 25.4. The van der Waals surface area contributed by atoms with Crippen molar-refractivity contribution in [3.8, 4) is 0 Å². The summed E-state index contributed by atoms with van der Waals surface area (Å²) in [4.78, 5) is 18.5. The summed E-state index contributed by atoms with van der Waals surface area (Å²) < 4.78 is 56.3. The van der Waals surface area contributed by atoms with Crippen molar-refractivity contribution in [2.75, 3.05) is 40.3 Å². The quantitative estimate of drug-likeness (QED) is 0.281. The van der Waals surface area contributed by atoms with Gasteiger partial charge in [-0.1, -0.05) is 12.1 Å². The molecule has 2 rings (SSSR count). The largest absolute Gasteiger partial charge is 0.406 e. The van der Waals surface area contributed by atoms with Crippen LogP contribution in [-0.2, 0) is 9.53 Å². The standard InChI is InChI=1S/C18H24F4N4O2.HI/c1-12-9-26(10-15(28-12)13-4-6-14(19)7-5-13)17(23-2)24-8-16(27)25(3)11-18(20,21)22;/h4-7,12,15H,8-11H2,1-3H3,(H,23,24);1H. The van der Waals surface area contributed by atoms with E-state index in [9.17, 15) is 22.4 Å². The predicted molar refractivity (Wildman–Crippen MR) is 112 cm³/mol. The zero-order valence-corrected chi connectivity index (χ0v) is 18.7. The van der Waals surface area contributed by atoms with Gasteiger partial charge in [0.25, 0.3) is 0 Å². The Morgan fingerprint density at radius 3 is 2.48 bits per heavy atom. The van der Waals surface area contributed by atoms with Crippen LogP contribution in [0, 0.1) is 5.82 Å². The number of alkyl halides is 3. The SMILES string of the molecule is CN=C(NCC(=O)N(C)CC(F)(F)F)N1CC(C)OC(c2ccc(F)cc2)C1.I. The number of carbonyl (C=O) groups excluding carboxylic acids is 1. The van der Waals surface area contributed by atoms with Gasteiger partial charge in [0.15, 0.2) is 5.96 Å². The van der Waals surface area contributed by atoms with Crippen LogP contribution in [0.2, 0.25) is 0 Å². The van der Waals surface area contributed by atoms with Crippen LogP contribution in [0.5, 0.6) is 0 Å². The van der Waals surface area contributed by atoms with E-state index in [-0.39, 0.29) is 48.5 Å². The fourth-order valence-corrected chi connectivity index (χ4v) is 2.96. The number of aliphatic imine (C=N–C) groups is 1. The van der Waals surface area contributed by atoms with E-state index >= 15 is 0 Å². The van der Waals surface area contributed by atoms with Crippen LogP contribution < -0.4 is 5.32 Å². The Balaban J connectivity index is 0.00000420. The Morgan fingerprint density at radius 2 is 1.93 bits per heavy atom. The van der Waals surface area contributed by atoms with Crippen LogP contribution in [0.4, 0.5) is 17.6 Å². The summed E-state index contributed by atoms with van der Waals surface area (Å²) in [5, 5.41) is 2.81. The van der Waals surface area contributed by atoms with Crippen LogP contribution >= 0.6 is 24.0 Å². The molecule has 1 saturated heterocycles. The smallest absolute Gasteiger partial charge is 0.367 e. The zero-order chi connectivity index (χ0) is 20.9. The van der Waals surface area contributed by atoms with Gasteiger partial charge in [-0.2, -0.15) is 13.2 Å². The molecule has 11 heteroatoms. The Labute approximate surface area is 184 Å². The summed E-state index contributed by atoms with van der Waals surface area (Å²) >= 11 is 0. The van der Waals surface area contributed by atoms with Crippen LogP contribution in [0.1, 0.15) is 18.6 Å². The molecule has 1 aliphatic heterocycles. The van der Waals surface area contributed by atoms with E-state index in [0.717, 1.165) is 12.6 Å². The highest BCUT2D eigenvalue weighted by Crippen LogP contribution is 2.25. The molecule has 0 saturated carbocycles. The Hall–Kier alpha value is -1.63. The Bertz CT molecular complexity index is 700. The second kappa shape index (κ2) is 11.0. The molecule has 0 radical (unpaired) electrons. The lowest BCUT2D eigenvalue weighted by Crippen LogP contribution is -2.52. The second-order valence-electron chi connectivity index (χ2n) is 6.66. The van der Waals surface area contributed by atoms with Gasteiger partial charge in [0, 0.05) is 20.6 Å². The first-order valence-corrected chi connectivity index (χ1v) is 8.76. The van der Waals surface area contributed by atoms with E-state index in [1.165, 1.54) is 19.2 Å². The minimum atomic E-state index is -4.45. The maximum absolute atomic E-state index is 13.1. The summed E-state index contributed by atoms with van der Waals surface area (Å²) in [5.41, 5.74) is 0.800. The molecule has 6 nitrogen and oxygen atoms in total. The summed E-state index contributed by atoms with van der Waals surface area (Å²) in [6.07, 6.45) is -4.94. The number of benzene rings is 1. The number of guanidine groups is 1. The topological polar surface area (TPSA) is 57.2 Å². The van der Waals surface area contributed by atoms with Crippen LogP contribution in [0.15, 0.2) is 29.3 Å². The average Bonchev–Trinajstić information content (AvgIpc) is 2.60. The maximum Gasteiger partial charge on any atom is 0.406 e. The number of nitrogens with one attached hydrogen (secondary N) is 1. The molecule has 0 aromatic heterocycles. The zero-order valence-electron chi connectivity index (χ0n) is 16.4. The molecular formula is C18H25F4IN4O2. The number of hydrogen-bond acceptors (Lipinski definition) is 3. The molecule has 1 aromatic carbocycles. The van der Waals surface area contributed by atoms with Gasteiger partial charge < -0.3 is 19.9 Å². The molecule has 1 amide bonds. The normalized spacial score (nSPS) is 20.1. The highest BCUT2D eigenvalue weighted by atomic mass is 127. The molecule has 1 aliphatic rings. The van der Waals surface area contributed by atoms with Crippen LogP contribution in [0.3, 0.4) is 0 Å². The van der Waals surface area contributed by atoms with E-state index in [1.54, 1.807) is 12.1 Å². The minimum Gasteiger partial charge on any atom is -0.367 e. The third-order valence-electron chi connectivity index (χ3n) is 4.25. The van der Waals surface area contributed by atoms with E-state index in [0.29, 0.717) is 23.9 Å². The fourth-order valence-electron chi connectivity index (χ4n) is 2.96. The molecule has 1 heterocycles. The number of rotatable bonds is 4. The molecule has 2 atom stereocenters. The molecule has 2 unspecified atom stereocenters. The van der Waals surface area contributed by atoms with Crippen LogP contribution in [-0.4, -0.2) is 74.2 Å². The van der Waals surface area contributed by atoms with E-state index in [2.05, 4.69) is 10.3 Å². The third-order valence-corrected chi connectivity index (χ3v) is 4.25. The maximum atomic E-state index is 13.1. The fraction of sp³-hybridized carbons (Fsp3) is 0.556. The van der Waals surface area contributed by atoms with Crippen molar-refractivity contribution < 1.29 is 27.1 Å². The molecule has 1 fully saturated rings. The Kier molecular flexibility index (Phi) is 9.59. The van der Waals surface area contributed by atoms with Crippen molar-refractivity contribution in [3.63, 3.8) is 0 Å². The number of likely N-dealkylation sites (N-methyl/N-ethyl adjacent to an activating group) is 1. The van der Waals surface area contributed by atoms with Gasteiger partial charge in [0.1, 0.15) is 18.5 Å². The third kappa shape index (κ3) is 7.96. The van der Waals surface area contributed by atoms with Gasteiger partial charge in [-0.05, 0) is 24.6 Å². The summed E-state index contributed by atoms with van der Waals surface area (Å²) in [5.74, 6) is -0.658. The number of hydrogen-bond donors (Lipinski definition) is 1. The number of halogens is 5. The van der Waals surface area contributed by atoms with Crippen molar-refractivity contribution in [1.82, 2.24) is 15.1 Å². The lowest BCUT2D eigenvalue weighted by Gasteiger charge is -2.38. The highest BCUT2D eigenvalue weighted by Gasteiger charge is 2.32. The monoisotopic (exact) mass is 532 g/mol. The number of morpholine rings is 1. The first-order chi connectivity index (χ1) is 13.1. The van der Waals surface area contributed by atoms with Gasteiger partial charge in [-0.3, -0.25) is 9.79 Å². The number of nitrogens with zero attached hydrogens (tertiary/aromatic N) is 3. The number of ether oxygens (including phenoxy) is 1. The van der Waals surface area contributed by atoms with Gasteiger partial charge in [0.05, 0.1) is 19.2 Å². The van der Waals surface area contributed by atoms with Gasteiger partial charge in [-0.25, -0.2) is 4.39 Å². The molecule has 1 aromatic rings. The van der Waals surface area contributed by atoms with Crippen molar-refractivity contribution in [1.29, 1.82) is 0 Å². The van der Waals surface area contributed by atoms with E-state index in [1.807, 2.05) is 11.8 Å². The summed E-state index contributed by atoms with van der Waals surface area (Å²) in [6, 6.07) is 5.99. The number of carbonyl (C=O) groups is 1. The second-order valence-corrected chi connectivity index (χ2v) is 6.66. The predicted octanol–water partition coefficient (Wildman–Crippen LogP) is 2.80. The van der Waals surface area contributed by atoms with E-state index in [4.69, 9.17) is 4.74 Å². The van der Waals surface area contributed by atoms with Crippen molar-refractivity contribution in [2.24, 2.45) is 4.99 Å². The molecule has 0 aliphatic carbocycles. The van der Waals surface area contributed by atoms with Gasteiger partial charge in [0.2, 0.25) is 5.91 Å². The van der Waals surface area contributed by atoms with Crippen molar-refractivity contribution >= 4 is 35.8 Å². The van der Waals surface area contributed by atoms with E-state index < -0.39 is 18.6 Å². The first-order valence-electron chi connectivity index (χ1n) is 8.76. The lowest BCUT2D eigenvalue weighted by atomic mass is 10.1. The summed E-state index contributed by atoms with van der Waals surface area (Å²) in [6.45, 7) is 1.14. The molecule has 0 bridgehead atoms. The summed E-state index contributed by atoms with van der Waals surface area (Å²) in [7, 11) is 2.63. The van der Waals surface area contributed by atoms with Gasteiger partial charge >= 0.3 is 6.18 Å². The molecule has 29 heavy (non-hydrogen) atoms. The Morgan fingerprint density at radius 1 is 1.31 bits per heavy atom. The molecule has 0 spiro atoms. The highest BCUT2D eigenvalue weighted by molar-refractivity contribution is 14.0. The number of amides is 1. The van der Waals surface area contributed by atoms with Crippen LogP contribution in [0.25, 0.3) is 0 Å². The minimum absolute atomic E-state index is 0. The molecular weight excluding hydrogens is 507 g/mol. The average molecular weight is 532 g/mol. The van der Waals surface area contributed by atoms with Crippen molar-refractivity contribution in [2.45, 2.75) is 25.3 Å². The molecule has 164 valence electrons. The van der Waals surface area contributed by atoms with Crippen molar-refractivity contribution in [3.05, 3.63) is 35.6 Å². The molecule has 1 N–H and O–H groups in total. The lowest BCUT2D eigenvalue weighted by molar-refractivity contribution is -0.157. The van der Waals surface area contributed by atoms with Gasteiger partial charge in [-0.15, -0.1) is 24.0 Å².